The third-order valence-electron chi connectivity index (χ3n) is 2.78. The molecule has 0 saturated carbocycles. The molecule has 0 spiro atoms. The summed E-state index contributed by atoms with van der Waals surface area (Å²) in [6.45, 7) is 3.75. The zero-order chi connectivity index (χ0) is 12.6. The summed E-state index contributed by atoms with van der Waals surface area (Å²) in [7, 11) is -4.46. The number of hydrogen-bond acceptors (Lipinski definition) is 3. The van der Waals surface area contributed by atoms with Gasteiger partial charge in [0.25, 0.3) is 0 Å². The Morgan fingerprint density at radius 3 is 2.22 bits per heavy atom. The van der Waals surface area contributed by atoms with Gasteiger partial charge in [0.1, 0.15) is 10.1 Å². The molecule has 0 amide bonds. The Morgan fingerprint density at radius 2 is 1.67 bits per heavy atom. The van der Waals surface area contributed by atoms with Crippen molar-refractivity contribution in [3.63, 3.8) is 0 Å². The Kier molecular flexibility index (Phi) is 4.63. The summed E-state index contributed by atoms with van der Waals surface area (Å²) < 4.78 is 34.2. The molecule has 0 bridgehead atoms. The van der Waals surface area contributed by atoms with E-state index >= 15 is 0 Å². The van der Waals surface area contributed by atoms with Crippen molar-refractivity contribution in [2.45, 2.75) is 24.7 Å². The van der Waals surface area contributed by atoms with E-state index in [-0.39, 0.29) is 29.7 Å². The second-order valence-corrected chi connectivity index (χ2v) is 5.63. The van der Waals surface area contributed by atoms with Crippen molar-refractivity contribution in [3.05, 3.63) is 42.0 Å². The van der Waals surface area contributed by atoms with Crippen LogP contribution in [-0.2, 0) is 10.1 Å². The van der Waals surface area contributed by atoms with Crippen LogP contribution < -0.4 is 18.9 Å². The zero-order valence-electron chi connectivity index (χ0n) is 10.7. The fourth-order valence-electron chi connectivity index (χ4n) is 1.99. The van der Waals surface area contributed by atoms with Crippen molar-refractivity contribution in [2.24, 2.45) is 0 Å². The van der Waals surface area contributed by atoms with E-state index in [1.165, 1.54) is 0 Å². The molecule has 0 aliphatic carbocycles. The van der Waals surface area contributed by atoms with Crippen molar-refractivity contribution < 1.29 is 31.8 Å². The van der Waals surface area contributed by atoms with Gasteiger partial charge in [-0.25, -0.2) is 8.42 Å². The van der Waals surface area contributed by atoms with Crippen molar-refractivity contribution >= 4 is 20.9 Å². The molecule has 0 aliphatic heterocycles. The van der Waals surface area contributed by atoms with Crippen LogP contribution in [0.25, 0.3) is 10.8 Å². The Balaban J connectivity index is 0.00000162. The van der Waals surface area contributed by atoms with Gasteiger partial charge in [0, 0.05) is 0 Å². The summed E-state index contributed by atoms with van der Waals surface area (Å²) in [6, 6.07) is 10.6. The second kappa shape index (κ2) is 5.46. The summed E-state index contributed by atoms with van der Waals surface area (Å²) in [5.41, 5.74) is 0.582. The average Bonchev–Trinajstić information content (AvgIpc) is 2.26. The molecule has 18 heavy (non-hydrogen) atoms. The maximum atomic E-state index is 11.4. The first kappa shape index (κ1) is 15.3. The standard InChI is InChI=1S/C13H14O3S.Li/c1-9(2)11-8-7-10-5-3-4-6-12(10)13(11)17(14,15)16;/h3-9H,1-2H3,(H,14,15,16);/q;+1/p-1. The van der Waals surface area contributed by atoms with E-state index in [4.69, 9.17) is 0 Å². The van der Waals surface area contributed by atoms with E-state index < -0.39 is 10.1 Å². The fraction of sp³-hybridized carbons (Fsp3) is 0.231. The SMILES string of the molecule is CC(C)c1ccc2ccccc2c1S(=O)(=O)[O-].[Li+]. The molecule has 0 fully saturated rings. The van der Waals surface area contributed by atoms with Crippen LogP contribution in [0.2, 0.25) is 0 Å². The van der Waals surface area contributed by atoms with Gasteiger partial charge >= 0.3 is 18.9 Å². The quantitative estimate of drug-likeness (QED) is 0.555. The smallest absolute Gasteiger partial charge is 0.744 e. The monoisotopic (exact) mass is 256 g/mol. The first-order valence-electron chi connectivity index (χ1n) is 5.39. The van der Waals surface area contributed by atoms with Crippen LogP contribution in [-0.4, -0.2) is 13.0 Å². The van der Waals surface area contributed by atoms with E-state index in [0.29, 0.717) is 10.9 Å². The van der Waals surface area contributed by atoms with Gasteiger partial charge in [-0.1, -0.05) is 50.2 Å². The Morgan fingerprint density at radius 1 is 1.06 bits per heavy atom. The third-order valence-corrected chi connectivity index (χ3v) is 3.74. The molecular weight excluding hydrogens is 243 g/mol. The van der Waals surface area contributed by atoms with Crippen molar-refractivity contribution in [1.82, 2.24) is 0 Å². The maximum absolute atomic E-state index is 11.4. The van der Waals surface area contributed by atoms with Crippen molar-refractivity contribution in [2.75, 3.05) is 0 Å². The molecule has 0 unspecified atom stereocenters. The molecule has 0 heterocycles. The maximum Gasteiger partial charge on any atom is 1.00 e. The molecule has 90 valence electrons. The summed E-state index contributed by atoms with van der Waals surface area (Å²) in [6.07, 6.45) is 0. The van der Waals surface area contributed by atoms with Crippen LogP contribution in [0, 0.1) is 0 Å². The van der Waals surface area contributed by atoms with E-state index in [1.54, 1.807) is 24.3 Å². The van der Waals surface area contributed by atoms with Crippen LogP contribution >= 0.6 is 0 Å². The van der Waals surface area contributed by atoms with Gasteiger partial charge < -0.3 is 4.55 Å². The zero-order valence-corrected chi connectivity index (χ0v) is 11.5. The van der Waals surface area contributed by atoms with Crippen LogP contribution in [0.3, 0.4) is 0 Å². The first-order valence-corrected chi connectivity index (χ1v) is 6.79. The number of rotatable bonds is 2. The van der Waals surface area contributed by atoms with Gasteiger partial charge in [-0.15, -0.1) is 0 Å². The minimum absolute atomic E-state index is 0. The van der Waals surface area contributed by atoms with E-state index in [0.717, 1.165) is 5.39 Å². The molecule has 0 radical (unpaired) electrons. The Hall–Kier alpha value is -0.793. The van der Waals surface area contributed by atoms with Crippen molar-refractivity contribution in [3.8, 4) is 0 Å². The van der Waals surface area contributed by atoms with E-state index in [2.05, 4.69) is 0 Å². The third kappa shape index (κ3) is 2.78. The van der Waals surface area contributed by atoms with E-state index in [9.17, 15) is 13.0 Å². The molecule has 0 aliphatic rings. The second-order valence-electron chi connectivity index (χ2n) is 4.31. The van der Waals surface area contributed by atoms with Gasteiger partial charge in [0.05, 0.1) is 4.90 Å². The average molecular weight is 256 g/mol. The van der Waals surface area contributed by atoms with Gasteiger partial charge in [-0.2, -0.15) is 0 Å². The molecule has 0 aromatic heterocycles. The number of benzene rings is 2. The van der Waals surface area contributed by atoms with Crippen LogP contribution in [0.4, 0.5) is 0 Å². The normalized spacial score (nSPS) is 11.6. The Bertz CT molecular complexity index is 663. The summed E-state index contributed by atoms with van der Waals surface area (Å²) in [5, 5.41) is 1.28. The molecule has 2 aromatic carbocycles. The van der Waals surface area contributed by atoms with Gasteiger partial charge in [0.2, 0.25) is 0 Å². The predicted octanol–water partition coefficient (Wildman–Crippen LogP) is -0.129. The van der Waals surface area contributed by atoms with Crippen LogP contribution in [0.1, 0.15) is 25.3 Å². The minimum Gasteiger partial charge on any atom is -0.744 e. The molecule has 5 heteroatoms. The fourth-order valence-corrected chi connectivity index (χ4v) is 3.04. The topological polar surface area (TPSA) is 57.2 Å². The largest absolute Gasteiger partial charge is 1.00 e. The molecule has 2 aromatic rings. The molecule has 3 nitrogen and oxygen atoms in total. The minimum atomic E-state index is -4.46. The Labute approximate surface area is 119 Å². The van der Waals surface area contributed by atoms with E-state index in [1.807, 2.05) is 26.0 Å². The summed E-state index contributed by atoms with van der Waals surface area (Å²) in [5.74, 6) is -0.00155. The van der Waals surface area contributed by atoms with Gasteiger partial charge in [-0.3, -0.25) is 0 Å². The van der Waals surface area contributed by atoms with Gasteiger partial charge in [-0.05, 0) is 22.3 Å². The molecule has 0 N–H and O–H groups in total. The van der Waals surface area contributed by atoms with Crippen molar-refractivity contribution in [1.29, 1.82) is 0 Å². The number of hydrogen-bond donors (Lipinski definition) is 0. The van der Waals surface area contributed by atoms with Gasteiger partial charge in [0.15, 0.2) is 0 Å². The molecule has 0 saturated heterocycles. The van der Waals surface area contributed by atoms with Crippen LogP contribution in [0.5, 0.6) is 0 Å². The first-order chi connectivity index (χ1) is 7.91. The predicted molar refractivity (Wildman–Crippen MR) is 66.0 cm³/mol. The van der Waals surface area contributed by atoms with Crippen LogP contribution in [0.15, 0.2) is 41.3 Å². The molecule has 0 atom stereocenters. The summed E-state index contributed by atoms with van der Waals surface area (Å²) >= 11 is 0. The molecule has 2 rings (SSSR count). The number of fused-ring (bicyclic) bond motifs is 1. The summed E-state index contributed by atoms with van der Waals surface area (Å²) in [4.78, 5) is -0.0781. The molecular formula is C13H13LiO3S.